The van der Waals surface area contributed by atoms with Crippen LogP contribution < -0.4 is 14.7 Å². The van der Waals surface area contributed by atoms with Crippen molar-refractivity contribution in [1.29, 1.82) is 0 Å². The molecule has 0 saturated carbocycles. The van der Waals surface area contributed by atoms with E-state index in [1.54, 1.807) is 23.5 Å². The van der Waals surface area contributed by atoms with Gasteiger partial charge in [0.2, 0.25) is 0 Å². The Labute approximate surface area is 394 Å². The molecule has 4 nitrogen and oxygen atoms in total. The molecule has 11 rings (SSSR count). The molecule has 6 heteroatoms. The number of rotatable bonds is 13. The van der Waals surface area contributed by atoms with E-state index in [4.69, 9.17) is 4.42 Å². The highest BCUT2D eigenvalue weighted by Crippen LogP contribution is 2.47. The second-order valence-corrected chi connectivity index (χ2v) is 18.1. The van der Waals surface area contributed by atoms with Crippen LogP contribution in [0.3, 0.4) is 0 Å². The lowest BCUT2D eigenvalue weighted by Gasteiger charge is -2.30. The largest absolute Gasteiger partial charge is 0.456 e. The van der Waals surface area contributed by atoms with Crippen LogP contribution in [0.25, 0.3) is 21.9 Å². The number of benzene rings is 10. The zero-order valence-electron chi connectivity index (χ0n) is 35.9. The second kappa shape index (κ2) is 18.7. The highest BCUT2D eigenvalue weighted by atomic mass is 32.2. The number of nitrogens with zero attached hydrogens (tertiary/aromatic N) is 3. The molecule has 0 bridgehead atoms. The number of anilines is 9. The van der Waals surface area contributed by atoms with Gasteiger partial charge in [0.15, 0.2) is 0 Å². The van der Waals surface area contributed by atoms with E-state index in [1.807, 2.05) is 6.07 Å². The van der Waals surface area contributed by atoms with Gasteiger partial charge in [-0.2, -0.15) is 0 Å². The molecule has 0 aliphatic heterocycles. The third-order valence-electron chi connectivity index (χ3n) is 11.4. The number of hydrogen-bond acceptors (Lipinski definition) is 6. The zero-order valence-corrected chi connectivity index (χ0v) is 37.5. The molecule has 10 aromatic carbocycles. The van der Waals surface area contributed by atoms with Gasteiger partial charge in [-0.15, -0.1) is 0 Å². The predicted octanol–water partition coefficient (Wildman–Crippen LogP) is 18.3. The minimum Gasteiger partial charge on any atom is -0.456 e. The highest BCUT2D eigenvalue weighted by molar-refractivity contribution is 8.00. The zero-order chi connectivity index (χ0) is 44.1. The Morgan fingerprint density at radius 1 is 0.258 bits per heavy atom. The van der Waals surface area contributed by atoms with E-state index in [1.165, 1.54) is 0 Å². The SMILES string of the molecule is c1ccc(N(c2ccccc2)c2cc(Sc3cccc(Sc4cc(N(c5ccccc5)c5ccccc5)cc5oc6ccccc6c45)c3)cc(N(c3ccccc3)c3ccccc3)c2)cc1. The van der Waals surface area contributed by atoms with Crippen molar-refractivity contribution in [3.05, 3.63) is 261 Å². The lowest BCUT2D eigenvalue weighted by atomic mass is 10.1. The molecule has 316 valence electrons. The fourth-order valence-electron chi connectivity index (χ4n) is 8.57. The number of hydrogen-bond donors (Lipinski definition) is 0. The summed E-state index contributed by atoms with van der Waals surface area (Å²) in [5.41, 5.74) is 11.3. The van der Waals surface area contributed by atoms with Crippen LogP contribution in [0, 0.1) is 0 Å². The van der Waals surface area contributed by atoms with Crippen molar-refractivity contribution in [1.82, 2.24) is 0 Å². The van der Waals surface area contributed by atoms with Crippen molar-refractivity contribution < 1.29 is 4.42 Å². The Morgan fingerprint density at radius 3 is 1.08 bits per heavy atom. The van der Waals surface area contributed by atoms with Crippen molar-refractivity contribution in [2.45, 2.75) is 19.6 Å². The monoisotopic (exact) mass is 885 g/mol. The van der Waals surface area contributed by atoms with Crippen molar-refractivity contribution in [3.63, 3.8) is 0 Å². The molecule has 0 aliphatic rings. The van der Waals surface area contributed by atoms with Gasteiger partial charge in [-0.1, -0.05) is 157 Å². The third-order valence-corrected chi connectivity index (χ3v) is 13.4. The molecule has 0 fully saturated rings. The predicted molar refractivity (Wildman–Crippen MR) is 279 cm³/mol. The van der Waals surface area contributed by atoms with Gasteiger partial charge in [-0.25, -0.2) is 0 Å². The lowest BCUT2D eigenvalue weighted by Crippen LogP contribution is -2.13. The van der Waals surface area contributed by atoms with E-state index in [2.05, 4.69) is 269 Å². The Hall–Kier alpha value is -7.90. The molecule has 0 unspecified atom stereocenters. The summed E-state index contributed by atoms with van der Waals surface area (Å²) in [7, 11) is 0. The van der Waals surface area contributed by atoms with Gasteiger partial charge in [0.25, 0.3) is 0 Å². The molecule has 0 saturated heterocycles. The van der Waals surface area contributed by atoms with E-state index in [0.717, 1.165) is 92.7 Å². The maximum atomic E-state index is 6.63. The first-order valence-corrected chi connectivity index (χ1v) is 23.6. The standard InChI is InChI=1S/C60H43N3OS2/c1-7-22-44(23-8-1)61(45-24-9-2-10-25-45)50-38-51(62(46-26-11-3-12-27-46)47-28-13-4-14-29-47)40-55(39-50)65-53-34-21-35-54(43-53)66-59-42-52(41-58-60(59)56-36-19-20-37-57(56)64-58)63(48-30-15-5-16-31-48)49-32-17-6-18-33-49/h1-43H. The van der Waals surface area contributed by atoms with Gasteiger partial charge in [-0.3, -0.25) is 0 Å². The summed E-state index contributed by atoms with van der Waals surface area (Å²) >= 11 is 3.55. The van der Waals surface area contributed by atoms with Gasteiger partial charge in [-0.05, 0) is 121 Å². The molecule has 0 spiro atoms. The maximum absolute atomic E-state index is 6.63. The van der Waals surface area contributed by atoms with Gasteiger partial charge < -0.3 is 19.1 Å². The highest BCUT2D eigenvalue weighted by Gasteiger charge is 2.21. The first-order valence-electron chi connectivity index (χ1n) is 22.0. The minimum atomic E-state index is 0.853. The van der Waals surface area contributed by atoms with Crippen molar-refractivity contribution in [2.75, 3.05) is 14.7 Å². The van der Waals surface area contributed by atoms with Crippen LogP contribution in [-0.2, 0) is 0 Å². The first-order chi connectivity index (χ1) is 32.7. The molecule has 11 aromatic rings. The number of furan rings is 1. The molecule has 0 atom stereocenters. The molecule has 66 heavy (non-hydrogen) atoms. The Kier molecular flexibility index (Phi) is 11.6. The van der Waals surface area contributed by atoms with Gasteiger partial charge in [0.1, 0.15) is 11.2 Å². The molecular weight excluding hydrogens is 843 g/mol. The van der Waals surface area contributed by atoms with Crippen LogP contribution in [0.1, 0.15) is 0 Å². The first kappa shape index (κ1) is 40.8. The van der Waals surface area contributed by atoms with Gasteiger partial charge in [0, 0.05) is 81.9 Å². The van der Waals surface area contributed by atoms with Crippen LogP contribution in [0.2, 0.25) is 0 Å². The van der Waals surface area contributed by atoms with Crippen LogP contribution in [0.4, 0.5) is 51.2 Å². The summed E-state index contributed by atoms with van der Waals surface area (Å²) in [6.45, 7) is 0. The summed E-state index contributed by atoms with van der Waals surface area (Å²) in [6.07, 6.45) is 0. The summed E-state index contributed by atoms with van der Waals surface area (Å²) in [4.78, 5) is 11.5. The third kappa shape index (κ3) is 8.55. The minimum absolute atomic E-state index is 0.853. The van der Waals surface area contributed by atoms with Crippen LogP contribution >= 0.6 is 23.5 Å². The van der Waals surface area contributed by atoms with E-state index < -0.39 is 0 Å². The van der Waals surface area contributed by atoms with Crippen LogP contribution in [-0.4, -0.2) is 0 Å². The Morgan fingerprint density at radius 2 is 0.636 bits per heavy atom. The van der Waals surface area contributed by atoms with E-state index >= 15 is 0 Å². The van der Waals surface area contributed by atoms with Gasteiger partial charge >= 0.3 is 0 Å². The smallest absolute Gasteiger partial charge is 0.138 e. The molecule has 0 amide bonds. The molecule has 1 aromatic heterocycles. The van der Waals surface area contributed by atoms with Gasteiger partial charge in [0.05, 0.1) is 5.69 Å². The molecular formula is C60H43N3OS2. The quantitative estimate of drug-likeness (QED) is 0.114. The fourth-order valence-corrected chi connectivity index (χ4v) is 10.7. The molecule has 0 aliphatic carbocycles. The summed E-state index contributed by atoms with van der Waals surface area (Å²) in [6, 6.07) is 92.3. The molecule has 1 heterocycles. The van der Waals surface area contributed by atoms with Crippen LogP contribution in [0.15, 0.2) is 285 Å². The normalized spacial score (nSPS) is 11.2. The van der Waals surface area contributed by atoms with E-state index in [9.17, 15) is 0 Å². The van der Waals surface area contributed by atoms with Crippen molar-refractivity contribution >= 4 is 96.6 Å². The Bertz CT molecular complexity index is 3150. The van der Waals surface area contributed by atoms with Crippen molar-refractivity contribution in [2.24, 2.45) is 0 Å². The van der Waals surface area contributed by atoms with Crippen LogP contribution in [0.5, 0.6) is 0 Å². The molecule has 0 radical (unpaired) electrons. The fraction of sp³-hybridized carbons (Fsp3) is 0. The summed E-state index contributed by atoms with van der Waals surface area (Å²) in [5, 5.41) is 2.21. The number of para-hydroxylation sites is 7. The number of fused-ring (bicyclic) bond motifs is 3. The van der Waals surface area contributed by atoms with E-state index in [-0.39, 0.29) is 0 Å². The summed E-state index contributed by atoms with van der Waals surface area (Å²) < 4.78 is 6.63. The topological polar surface area (TPSA) is 22.9 Å². The lowest BCUT2D eigenvalue weighted by molar-refractivity contribution is 0.668. The average molecular weight is 886 g/mol. The molecule has 0 N–H and O–H groups in total. The van der Waals surface area contributed by atoms with E-state index in [0.29, 0.717) is 0 Å². The summed E-state index contributed by atoms with van der Waals surface area (Å²) in [5.74, 6) is 0. The maximum Gasteiger partial charge on any atom is 0.138 e. The van der Waals surface area contributed by atoms with Crippen molar-refractivity contribution in [3.8, 4) is 0 Å². The average Bonchev–Trinajstić information content (AvgIpc) is 3.75. The Balaban J connectivity index is 1.03. The second-order valence-electron chi connectivity index (χ2n) is 15.8.